The zero-order valence-electron chi connectivity index (χ0n) is 16.3. The van der Waals surface area contributed by atoms with Gasteiger partial charge in [-0.25, -0.2) is 0 Å². The summed E-state index contributed by atoms with van der Waals surface area (Å²) in [7, 11) is 0. The first-order chi connectivity index (χ1) is 13.7. The molecule has 6 nitrogen and oxygen atoms in total. The lowest BCUT2D eigenvalue weighted by molar-refractivity contribution is 0.0642. The minimum atomic E-state index is -0.853. The average Bonchev–Trinajstić information content (AvgIpc) is 2.66. The molecule has 2 aliphatic rings. The van der Waals surface area contributed by atoms with Crippen molar-refractivity contribution in [3.8, 4) is 17.2 Å². The van der Waals surface area contributed by atoms with E-state index in [9.17, 15) is 15.0 Å². The highest BCUT2D eigenvalue weighted by Crippen LogP contribution is 2.42. The second-order valence-corrected chi connectivity index (χ2v) is 8.24. The molecule has 3 heterocycles. The Labute approximate surface area is 166 Å². The van der Waals surface area contributed by atoms with Gasteiger partial charge in [-0.3, -0.25) is 4.79 Å². The van der Waals surface area contributed by atoms with Gasteiger partial charge in [-0.15, -0.1) is 0 Å². The van der Waals surface area contributed by atoms with Crippen LogP contribution in [0.1, 0.15) is 31.9 Å². The molecule has 1 aromatic heterocycles. The zero-order valence-corrected chi connectivity index (χ0v) is 16.3. The highest BCUT2D eigenvalue weighted by molar-refractivity contribution is 6.00. The molecular formula is C23H20O6. The van der Waals surface area contributed by atoms with Gasteiger partial charge >= 0.3 is 0 Å². The summed E-state index contributed by atoms with van der Waals surface area (Å²) in [6.45, 7) is 5.38. The van der Waals surface area contributed by atoms with Gasteiger partial charge in [0.15, 0.2) is 0 Å². The molecule has 2 aromatic carbocycles. The van der Waals surface area contributed by atoms with Crippen LogP contribution < -0.4 is 14.9 Å². The molecule has 0 fully saturated rings. The third-order valence-corrected chi connectivity index (χ3v) is 5.39. The molecule has 148 valence electrons. The summed E-state index contributed by atoms with van der Waals surface area (Å²) >= 11 is 0. The highest BCUT2D eigenvalue weighted by atomic mass is 16.5. The number of hydrogen-bond donors (Lipinski definition) is 2. The van der Waals surface area contributed by atoms with Gasteiger partial charge in [0.25, 0.3) is 0 Å². The Kier molecular flexibility index (Phi) is 3.47. The average molecular weight is 392 g/mol. The number of aliphatic hydroxyl groups excluding tert-OH is 1. The maximum absolute atomic E-state index is 13.4. The third kappa shape index (κ3) is 2.56. The van der Waals surface area contributed by atoms with E-state index in [-0.39, 0.29) is 28.8 Å². The molecule has 0 radical (unpaired) electrons. The van der Waals surface area contributed by atoms with Crippen molar-refractivity contribution in [2.45, 2.75) is 32.0 Å². The van der Waals surface area contributed by atoms with Crippen LogP contribution in [-0.2, 0) is 0 Å². The Morgan fingerprint density at radius 2 is 1.69 bits per heavy atom. The molecule has 2 aliphatic heterocycles. The summed E-state index contributed by atoms with van der Waals surface area (Å²) in [5.74, 6) is 0.772. The molecule has 0 amide bonds. The Balaban J connectivity index is 1.83. The Bertz CT molecular complexity index is 1310. The van der Waals surface area contributed by atoms with Crippen molar-refractivity contribution in [2.75, 3.05) is 6.61 Å². The van der Waals surface area contributed by atoms with Crippen LogP contribution in [0.4, 0.5) is 0 Å². The number of hydrogen-bond acceptors (Lipinski definition) is 6. The van der Waals surface area contributed by atoms with Gasteiger partial charge in [0, 0.05) is 11.6 Å². The van der Waals surface area contributed by atoms with E-state index in [2.05, 4.69) is 0 Å². The van der Waals surface area contributed by atoms with Crippen LogP contribution in [0, 0.1) is 0 Å². The standard InChI is InChI=1S/C23H20O6/c1-22(2)8-6-13-16(28-22)10-17-19(20(13)25)21(26)18-12-7-9-23(3,11-24)29-14(12)4-5-15(18)27-17/h4-10,24-25H,11H2,1-3H3/t23-/m0/s1. The van der Waals surface area contributed by atoms with Crippen LogP contribution in [0.3, 0.4) is 0 Å². The molecule has 3 aromatic rings. The molecule has 0 unspecified atom stereocenters. The minimum Gasteiger partial charge on any atom is -0.506 e. The van der Waals surface area contributed by atoms with Gasteiger partial charge in [-0.2, -0.15) is 0 Å². The van der Waals surface area contributed by atoms with E-state index in [0.29, 0.717) is 33.6 Å². The van der Waals surface area contributed by atoms with E-state index in [4.69, 9.17) is 13.9 Å². The fourth-order valence-electron chi connectivity index (χ4n) is 3.81. The van der Waals surface area contributed by atoms with E-state index in [0.717, 1.165) is 0 Å². The lowest BCUT2D eigenvalue weighted by Crippen LogP contribution is -2.36. The normalized spacial score (nSPS) is 21.5. The van der Waals surface area contributed by atoms with E-state index in [1.165, 1.54) is 0 Å². The predicted molar refractivity (Wildman–Crippen MR) is 111 cm³/mol. The van der Waals surface area contributed by atoms with Gasteiger partial charge in [0.1, 0.15) is 45.0 Å². The number of benzene rings is 2. The van der Waals surface area contributed by atoms with E-state index < -0.39 is 11.2 Å². The van der Waals surface area contributed by atoms with Crippen molar-refractivity contribution < 1.29 is 24.1 Å². The second kappa shape index (κ2) is 5.64. The van der Waals surface area contributed by atoms with Crippen LogP contribution in [0.2, 0.25) is 0 Å². The van der Waals surface area contributed by atoms with Crippen molar-refractivity contribution in [1.29, 1.82) is 0 Å². The molecule has 2 N–H and O–H groups in total. The monoisotopic (exact) mass is 392 g/mol. The quantitative estimate of drug-likeness (QED) is 0.609. The predicted octanol–water partition coefficient (Wildman–Crippen LogP) is 3.99. The molecule has 0 spiro atoms. The molecule has 0 bridgehead atoms. The van der Waals surface area contributed by atoms with E-state index in [1.807, 2.05) is 19.9 Å². The Hall–Kier alpha value is -3.25. The van der Waals surface area contributed by atoms with Crippen LogP contribution in [0.5, 0.6) is 17.2 Å². The summed E-state index contributed by atoms with van der Waals surface area (Å²) in [6.07, 6.45) is 7.05. The fraction of sp³-hybridized carbons (Fsp3) is 0.261. The molecule has 1 atom stereocenters. The summed E-state index contributed by atoms with van der Waals surface area (Å²) in [6, 6.07) is 5.02. The van der Waals surface area contributed by atoms with E-state index >= 15 is 0 Å². The first kappa shape index (κ1) is 17.8. The molecule has 0 aliphatic carbocycles. The van der Waals surface area contributed by atoms with Gasteiger partial charge in [0.05, 0.1) is 17.6 Å². The summed E-state index contributed by atoms with van der Waals surface area (Å²) < 4.78 is 17.8. The minimum absolute atomic E-state index is 0.0986. The topological polar surface area (TPSA) is 89.1 Å². The van der Waals surface area contributed by atoms with Crippen molar-refractivity contribution in [3.05, 3.63) is 51.7 Å². The number of phenols is 1. The molecule has 29 heavy (non-hydrogen) atoms. The van der Waals surface area contributed by atoms with Gasteiger partial charge in [-0.05, 0) is 51.1 Å². The summed E-state index contributed by atoms with van der Waals surface area (Å²) in [5, 5.41) is 20.8. The molecule has 0 saturated heterocycles. The lowest BCUT2D eigenvalue weighted by atomic mass is 9.96. The first-order valence-electron chi connectivity index (χ1n) is 9.38. The Morgan fingerprint density at radius 3 is 2.45 bits per heavy atom. The van der Waals surface area contributed by atoms with Crippen molar-refractivity contribution in [2.24, 2.45) is 0 Å². The largest absolute Gasteiger partial charge is 0.506 e. The number of fused-ring (bicyclic) bond motifs is 5. The van der Waals surface area contributed by atoms with Gasteiger partial charge in [0.2, 0.25) is 5.43 Å². The lowest BCUT2D eigenvalue weighted by Gasteiger charge is -2.30. The highest BCUT2D eigenvalue weighted by Gasteiger charge is 2.30. The summed E-state index contributed by atoms with van der Waals surface area (Å²) in [4.78, 5) is 13.4. The number of aromatic hydroxyl groups is 1. The van der Waals surface area contributed by atoms with Crippen molar-refractivity contribution in [3.63, 3.8) is 0 Å². The summed E-state index contributed by atoms with van der Waals surface area (Å²) in [5.41, 5.74) is -0.0733. The van der Waals surface area contributed by atoms with Crippen molar-refractivity contribution in [1.82, 2.24) is 0 Å². The van der Waals surface area contributed by atoms with Crippen LogP contribution >= 0.6 is 0 Å². The van der Waals surface area contributed by atoms with Crippen molar-refractivity contribution >= 4 is 34.1 Å². The second-order valence-electron chi connectivity index (χ2n) is 8.24. The molecule has 0 saturated carbocycles. The molecular weight excluding hydrogens is 372 g/mol. The van der Waals surface area contributed by atoms with Crippen LogP contribution in [0.15, 0.2) is 39.6 Å². The number of phenolic OH excluding ortho intramolecular Hbond substituents is 1. The first-order valence-corrected chi connectivity index (χ1v) is 9.38. The number of aliphatic hydroxyl groups is 1. The number of rotatable bonds is 1. The van der Waals surface area contributed by atoms with Crippen LogP contribution in [-0.4, -0.2) is 28.0 Å². The maximum Gasteiger partial charge on any atom is 0.205 e. The third-order valence-electron chi connectivity index (χ3n) is 5.39. The van der Waals surface area contributed by atoms with Gasteiger partial charge in [-0.1, -0.05) is 6.08 Å². The smallest absolute Gasteiger partial charge is 0.205 e. The maximum atomic E-state index is 13.4. The number of ether oxygens (including phenoxy) is 2. The fourth-order valence-corrected chi connectivity index (χ4v) is 3.81. The molecule has 5 rings (SSSR count). The SMILES string of the molecule is CC1(C)C=Cc2c(cc3oc4ccc5c(c4c(=O)c3c2O)C=C[C@@](C)(CO)O5)O1. The zero-order chi connectivity index (χ0) is 20.6. The molecule has 6 heteroatoms. The Morgan fingerprint density at radius 1 is 0.931 bits per heavy atom. The van der Waals surface area contributed by atoms with Crippen LogP contribution in [0.25, 0.3) is 34.1 Å². The van der Waals surface area contributed by atoms with Gasteiger partial charge < -0.3 is 24.1 Å². The van der Waals surface area contributed by atoms with E-state index in [1.54, 1.807) is 43.4 Å².